The molecule has 2 saturated heterocycles. The fraction of sp³-hybridized carbons (Fsp3) is 0.914. The topological polar surface area (TPSA) is 174 Å². The molecular formula is C35H56O12. The monoisotopic (exact) mass is 668 g/mol. The van der Waals surface area contributed by atoms with E-state index in [1.165, 1.54) is 6.92 Å². The summed E-state index contributed by atoms with van der Waals surface area (Å²) in [4.78, 5) is 12.6. The number of methoxy groups -OCH3 is 2. The van der Waals surface area contributed by atoms with Gasteiger partial charge in [-0.15, -0.1) is 0 Å². The molecule has 18 atom stereocenters. The van der Waals surface area contributed by atoms with Crippen molar-refractivity contribution in [3.63, 3.8) is 0 Å². The molecule has 47 heavy (non-hydrogen) atoms. The number of aliphatic hydroxyl groups excluding tert-OH is 4. The minimum absolute atomic E-state index is 0.0287. The van der Waals surface area contributed by atoms with Gasteiger partial charge in [0, 0.05) is 44.3 Å². The Hall–Kier alpha value is -1.03. The van der Waals surface area contributed by atoms with Crippen molar-refractivity contribution in [1.82, 2.24) is 0 Å². The van der Waals surface area contributed by atoms with E-state index in [0.717, 1.165) is 0 Å². The first-order chi connectivity index (χ1) is 22.1. The largest absolute Gasteiger partial charge is 0.390 e. The number of carbonyl (C=O) groups is 1. The lowest BCUT2D eigenvalue weighted by Crippen LogP contribution is -2.72. The van der Waals surface area contributed by atoms with Crippen LogP contribution < -0.4 is 0 Å². The van der Waals surface area contributed by atoms with Crippen molar-refractivity contribution in [2.75, 3.05) is 14.2 Å². The number of ether oxygens (including phenoxy) is 6. The van der Waals surface area contributed by atoms with Crippen LogP contribution >= 0.6 is 0 Å². The Labute approximate surface area is 277 Å². The van der Waals surface area contributed by atoms with Crippen LogP contribution in [0.1, 0.15) is 79.6 Å². The molecule has 0 spiro atoms. The molecule has 2 aliphatic heterocycles. The molecule has 0 amide bonds. The summed E-state index contributed by atoms with van der Waals surface area (Å²) in [6.07, 6.45) is -3.27. The van der Waals surface area contributed by atoms with Gasteiger partial charge < -0.3 is 54.0 Å². The predicted molar refractivity (Wildman–Crippen MR) is 167 cm³/mol. The summed E-state index contributed by atoms with van der Waals surface area (Å²) in [5.41, 5.74) is -2.35. The van der Waals surface area contributed by atoms with Crippen molar-refractivity contribution < 1.29 is 58.7 Å². The van der Waals surface area contributed by atoms with Crippen molar-refractivity contribution in [2.24, 2.45) is 28.6 Å². The highest BCUT2D eigenvalue weighted by Crippen LogP contribution is 2.68. The lowest BCUT2D eigenvalue weighted by atomic mass is 9.43. The van der Waals surface area contributed by atoms with Gasteiger partial charge in [-0.2, -0.15) is 0 Å². The fourth-order valence-corrected chi connectivity index (χ4v) is 10.9. The van der Waals surface area contributed by atoms with Gasteiger partial charge in [-0.1, -0.05) is 19.9 Å². The Balaban J connectivity index is 1.15. The number of hydrogen-bond donors (Lipinski definition) is 5. The molecule has 3 saturated carbocycles. The maximum absolute atomic E-state index is 12.6. The minimum atomic E-state index is -1.33. The Bertz CT molecular complexity index is 1200. The average Bonchev–Trinajstić information content (AvgIpc) is 3.39. The third-order valence-corrected chi connectivity index (χ3v) is 13.3. The van der Waals surface area contributed by atoms with Crippen LogP contribution in [0.15, 0.2) is 11.6 Å². The molecule has 268 valence electrons. The van der Waals surface area contributed by atoms with Crippen molar-refractivity contribution in [3.05, 3.63) is 11.6 Å². The zero-order valence-electron chi connectivity index (χ0n) is 28.8. The molecule has 0 bridgehead atoms. The highest BCUT2D eigenvalue weighted by atomic mass is 16.7. The van der Waals surface area contributed by atoms with Gasteiger partial charge >= 0.3 is 0 Å². The molecule has 2 heterocycles. The van der Waals surface area contributed by atoms with Crippen molar-refractivity contribution >= 4 is 5.78 Å². The van der Waals surface area contributed by atoms with Crippen LogP contribution in [0, 0.1) is 28.6 Å². The molecule has 6 aliphatic rings. The molecule has 0 aromatic rings. The number of carbonyl (C=O) groups excluding carboxylic acids is 1. The summed E-state index contributed by atoms with van der Waals surface area (Å²) < 4.78 is 36.2. The van der Waals surface area contributed by atoms with E-state index in [4.69, 9.17) is 28.4 Å². The average molecular weight is 669 g/mol. The van der Waals surface area contributed by atoms with E-state index >= 15 is 0 Å². The van der Waals surface area contributed by atoms with E-state index in [2.05, 4.69) is 0 Å². The second kappa shape index (κ2) is 12.9. The van der Waals surface area contributed by atoms with E-state index in [9.17, 15) is 30.3 Å². The lowest BCUT2D eigenvalue weighted by Gasteiger charge is -2.65. The van der Waals surface area contributed by atoms with Crippen LogP contribution in [-0.4, -0.2) is 125 Å². The smallest absolute Gasteiger partial charge is 0.161 e. The standard InChI is InChI=1S/C35H56O12/c1-16(36)19-8-9-24-34(19,5)32(40)29(39)31-33(4)12-11-21(28(38)20(33)10-13-35(24,31)41)46-25-15-23(43-7)30(18(3)45-25)47-26-14-22(42-6)27(37)17(2)44-26/h10,17-19,21-32,37-41H,8-9,11-15H2,1-7H3/t17-,18-,19+,21+,22+,23-,24-,25+,26+,27-,28+,29+,30-,31-,32-,33+,34-,35-/m1/s1. The van der Waals surface area contributed by atoms with Gasteiger partial charge in [0.25, 0.3) is 0 Å². The highest BCUT2D eigenvalue weighted by Gasteiger charge is 2.72. The molecule has 12 nitrogen and oxygen atoms in total. The molecule has 6 rings (SSSR count). The maximum Gasteiger partial charge on any atom is 0.161 e. The van der Waals surface area contributed by atoms with Crippen LogP contribution in [-0.2, 0) is 33.2 Å². The molecule has 0 aromatic carbocycles. The molecule has 4 aliphatic carbocycles. The Morgan fingerprint density at radius 2 is 1.51 bits per heavy atom. The van der Waals surface area contributed by atoms with Gasteiger partial charge in [-0.25, -0.2) is 0 Å². The third-order valence-electron chi connectivity index (χ3n) is 13.3. The fourth-order valence-electron chi connectivity index (χ4n) is 10.9. The van der Waals surface area contributed by atoms with Crippen LogP contribution in [0.4, 0.5) is 0 Å². The second-order valence-electron chi connectivity index (χ2n) is 15.7. The van der Waals surface area contributed by atoms with Crippen LogP contribution in [0.5, 0.6) is 0 Å². The van der Waals surface area contributed by atoms with E-state index in [1.807, 2.05) is 26.8 Å². The molecule has 0 aromatic heterocycles. The molecular weight excluding hydrogens is 612 g/mol. The second-order valence-corrected chi connectivity index (χ2v) is 15.7. The first-order valence-corrected chi connectivity index (χ1v) is 17.4. The summed E-state index contributed by atoms with van der Waals surface area (Å²) >= 11 is 0. The number of ketones is 1. The van der Waals surface area contributed by atoms with E-state index < -0.39 is 95.8 Å². The Morgan fingerprint density at radius 1 is 0.872 bits per heavy atom. The number of aliphatic hydroxyl groups is 5. The van der Waals surface area contributed by atoms with E-state index in [0.29, 0.717) is 44.1 Å². The summed E-state index contributed by atoms with van der Waals surface area (Å²) in [6.45, 7) is 8.99. The number of Topliss-reactive ketones (excluding diaryl/α,β-unsaturated/α-hetero) is 1. The summed E-state index contributed by atoms with van der Waals surface area (Å²) in [5.74, 6) is -1.53. The number of hydrogen-bond acceptors (Lipinski definition) is 12. The Morgan fingerprint density at radius 3 is 2.17 bits per heavy atom. The zero-order chi connectivity index (χ0) is 34.2. The predicted octanol–water partition coefficient (Wildman–Crippen LogP) is 1.61. The quantitative estimate of drug-likeness (QED) is 0.249. The maximum atomic E-state index is 12.6. The summed E-state index contributed by atoms with van der Waals surface area (Å²) in [5, 5.41) is 57.8. The van der Waals surface area contributed by atoms with Gasteiger partial charge in [-0.3, -0.25) is 4.79 Å². The highest BCUT2D eigenvalue weighted by molar-refractivity contribution is 5.80. The lowest BCUT2D eigenvalue weighted by molar-refractivity contribution is -0.323. The van der Waals surface area contributed by atoms with Crippen LogP contribution in [0.3, 0.4) is 0 Å². The van der Waals surface area contributed by atoms with Crippen LogP contribution in [0.25, 0.3) is 0 Å². The third kappa shape index (κ3) is 5.58. The SMILES string of the molecule is CO[C@H]1C[C@H](O[C@@H]2[C@@H](C)O[C@@H](O[C@H]3CC[C@@]4(C)C(=CC[C@@]5(O)[C@@H]6CC[C@@H](C(C)=O)[C@@]6(C)[C@H](O)[C@@H](O)[C@@H]54)[C@@H]3O)C[C@H]2OC)O[C@H](C)[C@H]1O. The normalized spacial score (nSPS) is 54.6. The van der Waals surface area contributed by atoms with E-state index in [-0.39, 0.29) is 24.2 Å². The van der Waals surface area contributed by atoms with Crippen LogP contribution in [0.2, 0.25) is 0 Å². The van der Waals surface area contributed by atoms with E-state index in [1.54, 1.807) is 21.1 Å². The molecule has 5 N–H and O–H groups in total. The number of rotatable bonds is 7. The number of fused-ring (bicyclic) bond motifs is 5. The van der Waals surface area contributed by atoms with Crippen molar-refractivity contribution in [1.29, 1.82) is 0 Å². The minimum Gasteiger partial charge on any atom is -0.390 e. The van der Waals surface area contributed by atoms with Crippen molar-refractivity contribution in [2.45, 2.75) is 159 Å². The molecule has 12 heteroatoms. The van der Waals surface area contributed by atoms with Crippen molar-refractivity contribution in [3.8, 4) is 0 Å². The Kier molecular flexibility index (Phi) is 9.85. The van der Waals surface area contributed by atoms with Gasteiger partial charge in [0.05, 0.1) is 48.3 Å². The first-order valence-electron chi connectivity index (χ1n) is 17.4. The molecule has 0 radical (unpaired) electrons. The van der Waals surface area contributed by atoms with Gasteiger partial charge in [0.2, 0.25) is 0 Å². The molecule has 5 fully saturated rings. The zero-order valence-corrected chi connectivity index (χ0v) is 28.8. The van der Waals surface area contributed by atoms with Gasteiger partial charge in [0.1, 0.15) is 24.1 Å². The molecule has 0 unspecified atom stereocenters. The summed E-state index contributed by atoms with van der Waals surface area (Å²) in [6, 6.07) is 0. The first kappa shape index (κ1) is 35.8. The van der Waals surface area contributed by atoms with Gasteiger partial charge in [-0.05, 0) is 69.8 Å². The van der Waals surface area contributed by atoms with Gasteiger partial charge in [0.15, 0.2) is 12.6 Å². The summed E-state index contributed by atoms with van der Waals surface area (Å²) in [7, 11) is 3.16.